The van der Waals surface area contributed by atoms with Gasteiger partial charge >= 0.3 is 0 Å². The van der Waals surface area contributed by atoms with Gasteiger partial charge in [-0.3, -0.25) is 11.3 Å². The number of rotatable bonds is 5. The quantitative estimate of drug-likeness (QED) is 0.460. The van der Waals surface area contributed by atoms with Crippen molar-refractivity contribution in [3.63, 3.8) is 0 Å². The SMILES string of the molecule is NNC(CCc1ccc2c(c1)CCO2)c1csc(I)c1. The number of nitrogens with one attached hydrogen (secondary N) is 1. The van der Waals surface area contributed by atoms with Crippen molar-refractivity contribution in [1.82, 2.24) is 5.43 Å². The molecule has 0 spiro atoms. The van der Waals surface area contributed by atoms with Crippen LogP contribution in [0.1, 0.15) is 29.2 Å². The van der Waals surface area contributed by atoms with E-state index in [1.54, 1.807) is 11.3 Å². The van der Waals surface area contributed by atoms with Gasteiger partial charge in [0.25, 0.3) is 0 Å². The lowest BCUT2D eigenvalue weighted by Gasteiger charge is -2.14. The van der Waals surface area contributed by atoms with Crippen LogP contribution in [0.15, 0.2) is 29.6 Å². The first-order chi connectivity index (χ1) is 9.76. The van der Waals surface area contributed by atoms with Gasteiger partial charge in [0.15, 0.2) is 0 Å². The molecule has 0 saturated heterocycles. The molecule has 1 aliphatic rings. The largest absolute Gasteiger partial charge is 0.493 e. The van der Waals surface area contributed by atoms with Gasteiger partial charge in [-0.25, -0.2) is 0 Å². The molecule has 3 N–H and O–H groups in total. The molecule has 1 aromatic heterocycles. The second-order valence-electron chi connectivity index (χ2n) is 4.98. The average Bonchev–Trinajstić information content (AvgIpc) is 3.08. The summed E-state index contributed by atoms with van der Waals surface area (Å²) in [6, 6.07) is 8.95. The Kier molecular flexibility index (Phi) is 4.60. The summed E-state index contributed by atoms with van der Waals surface area (Å²) in [6.45, 7) is 0.819. The molecule has 0 amide bonds. The van der Waals surface area contributed by atoms with Gasteiger partial charge in [-0.2, -0.15) is 0 Å². The van der Waals surface area contributed by atoms with Crippen LogP contribution in [0.25, 0.3) is 0 Å². The lowest BCUT2D eigenvalue weighted by Crippen LogP contribution is -2.28. The van der Waals surface area contributed by atoms with Crippen LogP contribution in [0.5, 0.6) is 5.75 Å². The molecule has 20 heavy (non-hydrogen) atoms. The van der Waals surface area contributed by atoms with Crippen LogP contribution in [0.3, 0.4) is 0 Å². The highest BCUT2D eigenvalue weighted by Gasteiger charge is 2.14. The van der Waals surface area contributed by atoms with Crippen molar-refractivity contribution in [1.29, 1.82) is 0 Å². The lowest BCUT2D eigenvalue weighted by atomic mass is 10.00. The summed E-state index contributed by atoms with van der Waals surface area (Å²) in [5, 5.41) is 2.18. The van der Waals surface area contributed by atoms with Gasteiger partial charge < -0.3 is 4.74 Å². The monoisotopic (exact) mass is 400 g/mol. The molecule has 3 nitrogen and oxygen atoms in total. The zero-order valence-corrected chi connectivity index (χ0v) is 14.0. The van der Waals surface area contributed by atoms with Crippen LogP contribution in [0, 0.1) is 2.88 Å². The fraction of sp³-hybridized carbons (Fsp3) is 0.333. The highest BCUT2D eigenvalue weighted by molar-refractivity contribution is 14.1. The minimum absolute atomic E-state index is 0.222. The van der Waals surface area contributed by atoms with Crippen LogP contribution >= 0.6 is 33.9 Å². The maximum atomic E-state index is 5.70. The number of fused-ring (bicyclic) bond motifs is 1. The van der Waals surface area contributed by atoms with E-state index in [2.05, 4.69) is 57.7 Å². The minimum Gasteiger partial charge on any atom is -0.493 e. The first-order valence-corrected chi connectivity index (χ1v) is 8.67. The number of halogens is 1. The highest BCUT2D eigenvalue weighted by Crippen LogP contribution is 2.28. The molecule has 5 heteroatoms. The second kappa shape index (κ2) is 6.43. The van der Waals surface area contributed by atoms with Crippen LogP contribution in [0.4, 0.5) is 0 Å². The summed E-state index contributed by atoms with van der Waals surface area (Å²) in [6.07, 6.45) is 3.06. The summed E-state index contributed by atoms with van der Waals surface area (Å²) in [5.74, 6) is 6.75. The Morgan fingerprint density at radius 1 is 1.40 bits per heavy atom. The molecule has 2 aromatic rings. The molecule has 0 fully saturated rings. The van der Waals surface area contributed by atoms with Gasteiger partial charge in [-0.1, -0.05) is 12.1 Å². The normalized spacial score (nSPS) is 14.9. The van der Waals surface area contributed by atoms with E-state index < -0.39 is 0 Å². The molecule has 1 aromatic carbocycles. The van der Waals surface area contributed by atoms with E-state index in [9.17, 15) is 0 Å². The number of benzene rings is 1. The fourth-order valence-corrected chi connectivity index (χ4v) is 3.98. The van der Waals surface area contributed by atoms with Crippen molar-refractivity contribution in [3.05, 3.63) is 49.2 Å². The molecule has 0 aliphatic carbocycles. The molecule has 1 aliphatic heterocycles. The van der Waals surface area contributed by atoms with Gasteiger partial charge in [0, 0.05) is 12.5 Å². The molecule has 0 saturated carbocycles. The third kappa shape index (κ3) is 3.16. The summed E-state index contributed by atoms with van der Waals surface area (Å²) >= 11 is 4.11. The number of hydrazine groups is 1. The van der Waals surface area contributed by atoms with Crippen molar-refractivity contribution in [2.45, 2.75) is 25.3 Å². The van der Waals surface area contributed by atoms with Crippen molar-refractivity contribution in [3.8, 4) is 5.75 Å². The summed E-state index contributed by atoms with van der Waals surface area (Å²) < 4.78 is 6.84. The molecule has 2 heterocycles. The topological polar surface area (TPSA) is 47.3 Å². The van der Waals surface area contributed by atoms with E-state index in [1.807, 2.05) is 0 Å². The first kappa shape index (κ1) is 14.3. The zero-order chi connectivity index (χ0) is 13.9. The summed E-state index contributed by atoms with van der Waals surface area (Å²) in [5.41, 5.74) is 6.91. The third-order valence-corrected chi connectivity index (χ3v) is 5.47. The van der Waals surface area contributed by atoms with E-state index in [0.29, 0.717) is 0 Å². The number of nitrogens with two attached hydrogens (primary N) is 1. The Bertz CT molecular complexity index is 599. The van der Waals surface area contributed by atoms with Crippen molar-refractivity contribution in [2.24, 2.45) is 5.84 Å². The Hall–Kier alpha value is -0.630. The first-order valence-electron chi connectivity index (χ1n) is 6.71. The summed E-state index contributed by atoms with van der Waals surface area (Å²) in [7, 11) is 0. The average molecular weight is 400 g/mol. The molecular weight excluding hydrogens is 383 g/mol. The number of hydrogen-bond acceptors (Lipinski definition) is 4. The Morgan fingerprint density at radius 2 is 2.30 bits per heavy atom. The molecule has 3 rings (SSSR count). The highest BCUT2D eigenvalue weighted by atomic mass is 127. The number of thiophene rings is 1. The second-order valence-corrected chi connectivity index (χ2v) is 7.79. The van der Waals surface area contributed by atoms with E-state index in [0.717, 1.165) is 31.6 Å². The van der Waals surface area contributed by atoms with Gasteiger partial charge in [0.2, 0.25) is 0 Å². The molecule has 1 unspecified atom stereocenters. The lowest BCUT2D eigenvalue weighted by molar-refractivity contribution is 0.357. The van der Waals surface area contributed by atoms with Crippen LogP contribution in [0.2, 0.25) is 0 Å². The predicted octanol–water partition coefficient (Wildman–Crippen LogP) is 3.42. The predicted molar refractivity (Wildman–Crippen MR) is 91.1 cm³/mol. The van der Waals surface area contributed by atoms with E-state index in [1.165, 1.54) is 19.6 Å². The van der Waals surface area contributed by atoms with Gasteiger partial charge in [-0.15, -0.1) is 11.3 Å². The smallest absolute Gasteiger partial charge is 0.122 e. The van der Waals surface area contributed by atoms with Crippen molar-refractivity contribution >= 4 is 33.9 Å². The van der Waals surface area contributed by atoms with Crippen molar-refractivity contribution < 1.29 is 4.74 Å². The molecule has 106 valence electrons. The van der Waals surface area contributed by atoms with Crippen molar-refractivity contribution in [2.75, 3.05) is 6.61 Å². The van der Waals surface area contributed by atoms with Gasteiger partial charge in [0.05, 0.1) is 9.49 Å². The third-order valence-electron chi connectivity index (χ3n) is 3.67. The maximum absolute atomic E-state index is 5.70. The van der Waals surface area contributed by atoms with E-state index in [-0.39, 0.29) is 6.04 Å². The zero-order valence-electron chi connectivity index (χ0n) is 11.1. The Labute approximate surface area is 136 Å². The minimum atomic E-state index is 0.222. The number of aryl methyl sites for hydroxylation is 1. The maximum Gasteiger partial charge on any atom is 0.122 e. The standard InChI is InChI=1S/C15H17IN2OS/c16-15-8-12(9-20-15)13(18-17)3-1-10-2-4-14-11(7-10)5-6-19-14/h2,4,7-9,13,18H,1,3,5-6,17H2. The van der Waals surface area contributed by atoms with Crippen LogP contribution in [-0.4, -0.2) is 6.61 Å². The van der Waals surface area contributed by atoms with Gasteiger partial charge in [-0.05, 0) is 69.6 Å². The molecule has 0 radical (unpaired) electrons. The molecular formula is C15H17IN2OS. The number of ether oxygens (including phenoxy) is 1. The van der Waals surface area contributed by atoms with E-state index >= 15 is 0 Å². The Balaban J connectivity index is 1.66. The van der Waals surface area contributed by atoms with Crippen LogP contribution in [-0.2, 0) is 12.8 Å². The molecule has 0 bridgehead atoms. The molecule has 1 atom stereocenters. The van der Waals surface area contributed by atoms with Crippen LogP contribution < -0.4 is 16.0 Å². The summed E-state index contributed by atoms with van der Waals surface area (Å²) in [4.78, 5) is 0. The van der Waals surface area contributed by atoms with E-state index in [4.69, 9.17) is 10.6 Å². The fourth-order valence-electron chi connectivity index (χ4n) is 2.56. The van der Waals surface area contributed by atoms with Gasteiger partial charge in [0.1, 0.15) is 5.75 Å². The number of hydrogen-bond donors (Lipinski definition) is 2. The Morgan fingerprint density at radius 3 is 3.05 bits per heavy atom.